The van der Waals surface area contributed by atoms with Gasteiger partial charge in [-0.1, -0.05) is 42.5 Å². The monoisotopic (exact) mass is 387 g/mol. The molecule has 0 radical (unpaired) electrons. The van der Waals surface area contributed by atoms with Gasteiger partial charge in [0.15, 0.2) is 0 Å². The van der Waals surface area contributed by atoms with Gasteiger partial charge < -0.3 is 14.2 Å². The first-order chi connectivity index (χ1) is 14.0. The Morgan fingerprint density at radius 3 is 2.41 bits per heavy atom. The second kappa shape index (κ2) is 8.10. The molecule has 0 spiro atoms. The van der Waals surface area contributed by atoms with Crippen molar-refractivity contribution in [3.8, 4) is 0 Å². The summed E-state index contributed by atoms with van der Waals surface area (Å²) in [6.07, 6.45) is 0. The van der Waals surface area contributed by atoms with Gasteiger partial charge in [-0.15, -0.1) is 0 Å². The molecule has 1 aromatic heterocycles. The normalized spacial score (nSPS) is 12.4. The highest BCUT2D eigenvalue weighted by Gasteiger charge is 2.15. The minimum atomic E-state index is -0.284. The molecule has 4 aromatic rings. The molecule has 0 bridgehead atoms. The van der Waals surface area contributed by atoms with Gasteiger partial charge in [-0.3, -0.25) is 0 Å². The van der Waals surface area contributed by atoms with Crippen LogP contribution in [0.25, 0.3) is 21.7 Å². The fourth-order valence-electron chi connectivity index (χ4n) is 3.94. The molecule has 0 saturated carbocycles. The van der Waals surface area contributed by atoms with Gasteiger partial charge in [0.1, 0.15) is 18.7 Å². The maximum atomic E-state index is 12.2. The molecule has 0 aliphatic rings. The van der Waals surface area contributed by atoms with Crippen molar-refractivity contribution in [1.82, 2.24) is 0 Å². The number of fused-ring (bicyclic) bond motifs is 3. The van der Waals surface area contributed by atoms with Crippen LogP contribution in [0.1, 0.15) is 18.1 Å². The van der Waals surface area contributed by atoms with Gasteiger partial charge in [0, 0.05) is 42.4 Å². The molecule has 148 valence electrons. The summed E-state index contributed by atoms with van der Waals surface area (Å²) in [6, 6.07) is 22.6. The van der Waals surface area contributed by atoms with Gasteiger partial charge in [-0.25, -0.2) is 4.79 Å². The van der Waals surface area contributed by atoms with E-state index in [1.807, 2.05) is 24.3 Å². The Morgan fingerprint density at radius 1 is 0.931 bits per heavy atom. The molecular weight excluding hydrogens is 360 g/mol. The molecule has 0 aliphatic heterocycles. The summed E-state index contributed by atoms with van der Waals surface area (Å²) in [4.78, 5) is 15.7. The molecule has 1 unspecified atom stereocenters. The fraction of sp³-hybridized carbons (Fsp3) is 0.240. The molecule has 1 heterocycles. The molecule has 4 nitrogen and oxygen atoms in total. The van der Waals surface area contributed by atoms with Gasteiger partial charge in [-0.2, -0.15) is 0 Å². The molecule has 0 saturated heterocycles. The van der Waals surface area contributed by atoms with E-state index in [9.17, 15) is 4.79 Å². The van der Waals surface area contributed by atoms with Crippen molar-refractivity contribution in [2.24, 2.45) is 0 Å². The number of benzene rings is 3. The highest BCUT2D eigenvalue weighted by molar-refractivity contribution is 6.06. The lowest BCUT2D eigenvalue weighted by Gasteiger charge is -2.20. The van der Waals surface area contributed by atoms with Crippen LogP contribution in [-0.2, 0) is 13.1 Å². The zero-order valence-electron chi connectivity index (χ0n) is 17.2. The molecule has 1 atom stereocenters. The van der Waals surface area contributed by atoms with Gasteiger partial charge in [0.25, 0.3) is 0 Å². The Bertz CT molecular complexity index is 1190. The SMILES string of the molecule is CC[NH+](Cc1ccc(N(C)C)cc1)Cc1cc(=O)oc2ccc3ccccc3c12. The van der Waals surface area contributed by atoms with E-state index in [0.717, 1.165) is 41.4 Å². The third kappa shape index (κ3) is 4.03. The first-order valence-corrected chi connectivity index (χ1v) is 10.1. The Morgan fingerprint density at radius 2 is 1.69 bits per heavy atom. The third-order valence-electron chi connectivity index (χ3n) is 5.56. The Labute approximate surface area is 171 Å². The van der Waals surface area contributed by atoms with Gasteiger partial charge in [-0.05, 0) is 35.9 Å². The summed E-state index contributed by atoms with van der Waals surface area (Å²) in [7, 11) is 4.10. The summed E-state index contributed by atoms with van der Waals surface area (Å²) in [5.74, 6) is 0. The first-order valence-electron chi connectivity index (χ1n) is 10.1. The first kappa shape index (κ1) is 19.2. The van der Waals surface area contributed by atoms with Crippen LogP contribution < -0.4 is 15.4 Å². The predicted octanol–water partition coefficient (Wildman–Crippen LogP) is 3.62. The number of hydrogen-bond donors (Lipinski definition) is 1. The van der Waals surface area contributed by atoms with Crippen LogP contribution >= 0.6 is 0 Å². The lowest BCUT2D eigenvalue weighted by atomic mass is 10.0. The average Bonchev–Trinajstić information content (AvgIpc) is 2.73. The van der Waals surface area contributed by atoms with Crippen LogP contribution in [0.2, 0.25) is 0 Å². The number of quaternary nitrogens is 1. The Kier molecular flexibility index (Phi) is 5.36. The number of hydrogen-bond acceptors (Lipinski definition) is 3. The van der Waals surface area contributed by atoms with Gasteiger partial charge in [0.2, 0.25) is 0 Å². The molecule has 1 N–H and O–H groups in total. The summed E-state index contributed by atoms with van der Waals surface area (Å²) in [5.41, 5.74) is 3.93. The summed E-state index contributed by atoms with van der Waals surface area (Å²) in [6.45, 7) is 4.86. The smallest absolute Gasteiger partial charge is 0.336 e. The topological polar surface area (TPSA) is 37.9 Å². The van der Waals surface area contributed by atoms with E-state index in [-0.39, 0.29) is 5.63 Å². The van der Waals surface area contributed by atoms with Crippen LogP contribution in [0.3, 0.4) is 0 Å². The van der Waals surface area contributed by atoms with E-state index >= 15 is 0 Å². The minimum Gasteiger partial charge on any atom is -0.423 e. The van der Waals surface area contributed by atoms with E-state index in [4.69, 9.17) is 4.42 Å². The molecular formula is C25H27N2O2+. The van der Waals surface area contributed by atoms with Gasteiger partial charge >= 0.3 is 5.63 Å². The van der Waals surface area contributed by atoms with Crippen LogP contribution in [0.15, 0.2) is 75.9 Å². The second-order valence-electron chi connectivity index (χ2n) is 7.77. The van der Waals surface area contributed by atoms with Crippen molar-refractivity contribution in [3.63, 3.8) is 0 Å². The molecule has 0 amide bonds. The number of nitrogens with zero attached hydrogens (tertiary/aromatic N) is 1. The predicted molar refractivity (Wildman–Crippen MR) is 120 cm³/mol. The molecule has 3 aromatic carbocycles. The van der Waals surface area contributed by atoms with Crippen LogP contribution in [0.5, 0.6) is 0 Å². The van der Waals surface area contributed by atoms with Crippen molar-refractivity contribution in [2.45, 2.75) is 20.0 Å². The average molecular weight is 388 g/mol. The van der Waals surface area contributed by atoms with Crippen molar-refractivity contribution < 1.29 is 9.32 Å². The molecule has 4 heteroatoms. The zero-order valence-corrected chi connectivity index (χ0v) is 17.2. The zero-order chi connectivity index (χ0) is 20.4. The third-order valence-corrected chi connectivity index (χ3v) is 5.56. The van der Waals surface area contributed by atoms with Crippen LogP contribution in [-0.4, -0.2) is 20.6 Å². The summed E-state index contributed by atoms with van der Waals surface area (Å²) in [5, 5.41) is 3.35. The van der Waals surface area contributed by atoms with E-state index in [2.05, 4.69) is 62.3 Å². The Hall–Kier alpha value is -3.11. The minimum absolute atomic E-state index is 0.284. The lowest BCUT2D eigenvalue weighted by molar-refractivity contribution is -0.925. The molecule has 0 aliphatic carbocycles. The molecule has 4 rings (SSSR count). The maximum absolute atomic E-state index is 12.2. The van der Waals surface area contributed by atoms with Crippen LogP contribution in [0, 0.1) is 0 Å². The maximum Gasteiger partial charge on any atom is 0.336 e. The summed E-state index contributed by atoms with van der Waals surface area (Å²) < 4.78 is 5.51. The molecule has 29 heavy (non-hydrogen) atoms. The van der Waals surface area contributed by atoms with Crippen LogP contribution in [0.4, 0.5) is 5.69 Å². The van der Waals surface area contributed by atoms with Crippen molar-refractivity contribution in [1.29, 1.82) is 0 Å². The number of anilines is 1. The highest BCUT2D eigenvalue weighted by Crippen LogP contribution is 2.27. The fourth-order valence-corrected chi connectivity index (χ4v) is 3.94. The van der Waals surface area contributed by atoms with E-state index in [1.165, 1.54) is 16.2 Å². The van der Waals surface area contributed by atoms with E-state index in [0.29, 0.717) is 5.58 Å². The summed E-state index contributed by atoms with van der Waals surface area (Å²) >= 11 is 0. The largest absolute Gasteiger partial charge is 0.423 e. The number of nitrogens with one attached hydrogen (secondary N) is 1. The van der Waals surface area contributed by atoms with Crippen molar-refractivity contribution in [2.75, 3.05) is 25.5 Å². The van der Waals surface area contributed by atoms with E-state index < -0.39 is 0 Å². The van der Waals surface area contributed by atoms with Crippen molar-refractivity contribution >= 4 is 27.4 Å². The number of rotatable bonds is 6. The van der Waals surface area contributed by atoms with E-state index in [1.54, 1.807) is 6.07 Å². The Balaban J connectivity index is 1.69. The lowest BCUT2D eigenvalue weighted by Crippen LogP contribution is -3.09. The standard InChI is InChI=1S/C25H26N2O2/c1-4-27(16-18-9-12-21(13-10-18)26(2)3)17-20-15-24(28)29-23-14-11-19-7-5-6-8-22(19)25(20)23/h5-15H,4,16-17H2,1-3H3/p+1. The second-order valence-corrected chi connectivity index (χ2v) is 7.77. The van der Waals surface area contributed by atoms with Crippen molar-refractivity contribution in [3.05, 3.63) is 88.3 Å². The highest BCUT2D eigenvalue weighted by atomic mass is 16.4. The van der Waals surface area contributed by atoms with Gasteiger partial charge in [0.05, 0.1) is 6.54 Å². The quantitative estimate of drug-likeness (QED) is 0.406. The molecule has 0 fully saturated rings.